The number of hydrogen-bond acceptors (Lipinski definition) is 6. The minimum absolute atomic E-state index is 0.0824. The number of fused-ring (bicyclic) bond motifs is 1. The van der Waals surface area contributed by atoms with E-state index >= 15 is 0 Å². The molecule has 98 valence electrons. The van der Waals surface area contributed by atoms with Gasteiger partial charge in [0.25, 0.3) is 0 Å². The van der Waals surface area contributed by atoms with Crippen molar-refractivity contribution in [3.05, 3.63) is 0 Å². The molecule has 0 amide bonds. The predicted molar refractivity (Wildman–Crippen MR) is 58.2 cm³/mol. The molecule has 0 spiro atoms. The molecule has 0 aromatic rings. The molecule has 1 aliphatic heterocycles. The molecule has 2 N–H and O–H groups in total. The maximum atomic E-state index is 11.0. The minimum Gasteiger partial charge on any atom is -0.467 e. The standard InChI is InChI=1S/C11H19NO5/c1-11(2)16-9-6(12)4-7(10(9)17-11)15-5-8(13)14-3/h6-7,9-10H,4-5,12H2,1-3H3/t6?,7?,9-,10+/m0/s1. The Morgan fingerprint density at radius 3 is 2.71 bits per heavy atom. The van der Waals surface area contributed by atoms with Crippen molar-refractivity contribution in [2.75, 3.05) is 13.7 Å². The fourth-order valence-corrected chi connectivity index (χ4v) is 2.37. The lowest BCUT2D eigenvalue weighted by molar-refractivity contribution is -0.171. The summed E-state index contributed by atoms with van der Waals surface area (Å²) in [5.74, 6) is -1.04. The van der Waals surface area contributed by atoms with Gasteiger partial charge in [-0.1, -0.05) is 0 Å². The quantitative estimate of drug-likeness (QED) is 0.693. The van der Waals surface area contributed by atoms with E-state index in [9.17, 15) is 4.79 Å². The summed E-state index contributed by atoms with van der Waals surface area (Å²) in [6.45, 7) is 3.60. The summed E-state index contributed by atoms with van der Waals surface area (Å²) in [4.78, 5) is 11.0. The highest BCUT2D eigenvalue weighted by molar-refractivity contribution is 5.70. The number of nitrogens with two attached hydrogens (primary N) is 1. The van der Waals surface area contributed by atoms with Gasteiger partial charge in [-0.05, 0) is 20.3 Å². The first-order chi connectivity index (χ1) is 7.93. The van der Waals surface area contributed by atoms with E-state index in [1.807, 2.05) is 13.8 Å². The van der Waals surface area contributed by atoms with Crippen LogP contribution >= 0.6 is 0 Å². The number of rotatable bonds is 3. The van der Waals surface area contributed by atoms with Crippen molar-refractivity contribution in [3.63, 3.8) is 0 Å². The average Bonchev–Trinajstić information content (AvgIpc) is 2.71. The Morgan fingerprint density at radius 1 is 1.41 bits per heavy atom. The average molecular weight is 245 g/mol. The van der Waals surface area contributed by atoms with Crippen LogP contribution in [-0.4, -0.2) is 49.8 Å². The Labute approximate surface area is 100 Å². The number of methoxy groups -OCH3 is 1. The molecule has 0 bridgehead atoms. The number of hydrogen-bond donors (Lipinski definition) is 1. The third-order valence-electron chi connectivity index (χ3n) is 3.10. The topological polar surface area (TPSA) is 80.0 Å². The van der Waals surface area contributed by atoms with Crippen LogP contribution in [0.4, 0.5) is 0 Å². The molecule has 1 saturated carbocycles. The zero-order valence-corrected chi connectivity index (χ0v) is 10.3. The molecule has 6 heteroatoms. The number of carbonyl (C=O) groups is 1. The second-order valence-corrected chi connectivity index (χ2v) is 4.89. The SMILES string of the molecule is COC(=O)COC1CC(N)[C@@H]2OC(C)(C)O[C@H]12. The van der Waals surface area contributed by atoms with Crippen LogP contribution in [0.5, 0.6) is 0 Å². The van der Waals surface area contributed by atoms with Crippen molar-refractivity contribution in [1.82, 2.24) is 0 Å². The van der Waals surface area contributed by atoms with E-state index in [0.717, 1.165) is 0 Å². The van der Waals surface area contributed by atoms with Crippen molar-refractivity contribution in [1.29, 1.82) is 0 Å². The molecule has 17 heavy (non-hydrogen) atoms. The number of ether oxygens (including phenoxy) is 4. The molecule has 2 fully saturated rings. The van der Waals surface area contributed by atoms with E-state index in [-0.39, 0.29) is 31.0 Å². The van der Waals surface area contributed by atoms with Crippen LogP contribution in [-0.2, 0) is 23.7 Å². The van der Waals surface area contributed by atoms with Gasteiger partial charge in [0.15, 0.2) is 5.79 Å². The van der Waals surface area contributed by atoms with Gasteiger partial charge in [0, 0.05) is 6.04 Å². The maximum absolute atomic E-state index is 11.0. The van der Waals surface area contributed by atoms with E-state index in [1.165, 1.54) is 7.11 Å². The molecule has 0 radical (unpaired) electrons. The second kappa shape index (κ2) is 4.53. The predicted octanol–water partition coefficient (Wildman–Crippen LogP) is -0.204. The lowest BCUT2D eigenvalue weighted by Gasteiger charge is -2.22. The Hall–Kier alpha value is -0.690. The van der Waals surface area contributed by atoms with Crippen LogP contribution in [0.1, 0.15) is 20.3 Å². The highest BCUT2D eigenvalue weighted by Crippen LogP contribution is 2.38. The van der Waals surface area contributed by atoms with E-state index < -0.39 is 11.8 Å². The highest BCUT2D eigenvalue weighted by atomic mass is 16.8. The van der Waals surface area contributed by atoms with Gasteiger partial charge in [-0.25, -0.2) is 4.79 Å². The molecule has 0 aromatic heterocycles. The van der Waals surface area contributed by atoms with Gasteiger partial charge in [0.2, 0.25) is 0 Å². The third-order valence-corrected chi connectivity index (χ3v) is 3.10. The Kier molecular flexibility index (Phi) is 3.40. The number of carbonyl (C=O) groups excluding carboxylic acids is 1. The Balaban J connectivity index is 1.94. The first-order valence-corrected chi connectivity index (χ1v) is 5.72. The van der Waals surface area contributed by atoms with Crippen molar-refractivity contribution in [2.45, 2.75) is 50.4 Å². The monoisotopic (exact) mass is 245 g/mol. The molecule has 6 nitrogen and oxygen atoms in total. The molecular weight excluding hydrogens is 226 g/mol. The van der Waals surface area contributed by atoms with E-state index in [0.29, 0.717) is 6.42 Å². The lowest BCUT2D eigenvalue weighted by atomic mass is 10.2. The fraction of sp³-hybridized carbons (Fsp3) is 0.909. The molecule has 1 saturated heterocycles. The highest BCUT2D eigenvalue weighted by Gasteiger charge is 2.53. The summed E-state index contributed by atoms with van der Waals surface area (Å²) in [7, 11) is 1.33. The Morgan fingerprint density at radius 2 is 2.06 bits per heavy atom. The van der Waals surface area contributed by atoms with Gasteiger partial charge < -0.3 is 24.7 Å². The van der Waals surface area contributed by atoms with Gasteiger partial charge in [0.05, 0.1) is 13.2 Å². The van der Waals surface area contributed by atoms with Gasteiger partial charge >= 0.3 is 5.97 Å². The van der Waals surface area contributed by atoms with Crippen LogP contribution in [0.3, 0.4) is 0 Å². The minimum atomic E-state index is -0.639. The van der Waals surface area contributed by atoms with Crippen LogP contribution in [0.15, 0.2) is 0 Å². The molecule has 1 heterocycles. The molecule has 4 atom stereocenters. The first kappa shape index (κ1) is 12.8. The zero-order valence-electron chi connectivity index (χ0n) is 10.3. The maximum Gasteiger partial charge on any atom is 0.331 e. The van der Waals surface area contributed by atoms with Crippen molar-refractivity contribution < 1.29 is 23.7 Å². The summed E-state index contributed by atoms with van der Waals surface area (Å²) in [5.41, 5.74) is 5.97. The molecule has 0 aromatic carbocycles. The van der Waals surface area contributed by atoms with E-state index in [4.69, 9.17) is 19.9 Å². The van der Waals surface area contributed by atoms with Crippen molar-refractivity contribution >= 4 is 5.97 Å². The van der Waals surface area contributed by atoms with Crippen molar-refractivity contribution in [2.24, 2.45) is 5.73 Å². The number of esters is 1. The molecule has 2 aliphatic rings. The first-order valence-electron chi connectivity index (χ1n) is 5.72. The molecular formula is C11H19NO5. The summed E-state index contributed by atoms with van der Waals surface area (Å²) in [5, 5.41) is 0. The molecule has 2 rings (SSSR count). The lowest BCUT2D eigenvalue weighted by Crippen LogP contribution is -2.35. The summed E-state index contributed by atoms with van der Waals surface area (Å²) in [6, 6.07) is -0.121. The third kappa shape index (κ3) is 2.60. The Bertz CT molecular complexity index is 306. The molecule has 1 aliphatic carbocycles. The normalized spacial score (nSPS) is 39.1. The summed E-state index contributed by atoms with van der Waals surface area (Å²) < 4.78 is 21.4. The second-order valence-electron chi connectivity index (χ2n) is 4.89. The van der Waals surface area contributed by atoms with Gasteiger partial charge in [-0.15, -0.1) is 0 Å². The van der Waals surface area contributed by atoms with Gasteiger partial charge in [-0.2, -0.15) is 0 Å². The van der Waals surface area contributed by atoms with Crippen LogP contribution in [0.2, 0.25) is 0 Å². The fourth-order valence-electron chi connectivity index (χ4n) is 2.37. The van der Waals surface area contributed by atoms with E-state index in [2.05, 4.69) is 4.74 Å². The van der Waals surface area contributed by atoms with Gasteiger partial charge in [-0.3, -0.25) is 0 Å². The van der Waals surface area contributed by atoms with Gasteiger partial charge in [0.1, 0.15) is 18.8 Å². The summed E-state index contributed by atoms with van der Waals surface area (Å²) >= 11 is 0. The van der Waals surface area contributed by atoms with Crippen LogP contribution in [0, 0.1) is 0 Å². The smallest absolute Gasteiger partial charge is 0.331 e. The largest absolute Gasteiger partial charge is 0.467 e. The van der Waals surface area contributed by atoms with E-state index in [1.54, 1.807) is 0 Å². The zero-order chi connectivity index (χ0) is 12.6. The summed E-state index contributed by atoms with van der Waals surface area (Å²) in [6.07, 6.45) is 0.0516. The molecule has 2 unspecified atom stereocenters. The van der Waals surface area contributed by atoms with Crippen LogP contribution < -0.4 is 5.73 Å². The van der Waals surface area contributed by atoms with Crippen molar-refractivity contribution in [3.8, 4) is 0 Å². The van der Waals surface area contributed by atoms with Crippen LogP contribution in [0.25, 0.3) is 0 Å².